The average Bonchev–Trinajstić information content (AvgIpc) is 3.07. The van der Waals surface area contributed by atoms with Gasteiger partial charge in [0.25, 0.3) is 0 Å². The minimum absolute atomic E-state index is 0.304. The first kappa shape index (κ1) is 16.7. The van der Waals surface area contributed by atoms with E-state index in [2.05, 4.69) is 41.1 Å². The number of aromatic nitrogens is 1. The first-order valence-electron chi connectivity index (χ1n) is 8.53. The molecule has 0 spiro atoms. The maximum absolute atomic E-state index is 11.3. The molecule has 0 aliphatic carbocycles. The third-order valence-electron chi connectivity index (χ3n) is 4.99. The largest absolute Gasteiger partial charge is 0.478 e. The van der Waals surface area contributed by atoms with Crippen LogP contribution in [0.2, 0.25) is 0 Å². The van der Waals surface area contributed by atoms with E-state index in [1.165, 1.54) is 31.5 Å². The third-order valence-corrected chi connectivity index (χ3v) is 4.99. The van der Waals surface area contributed by atoms with E-state index in [4.69, 9.17) is 0 Å². The summed E-state index contributed by atoms with van der Waals surface area (Å²) in [6.07, 6.45) is 2.58. The number of rotatable bonds is 4. The Labute approximate surface area is 143 Å². The van der Waals surface area contributed by atoms with Crippen LogP contribution in [0.25, 0.3) is 11.3 Å². The van der Waals surface area contributed by atoms with Crippen molar-refractivity contribution >= 4 is 5.97 Å². The molecule has 2 heterocycles. The fraction of sp³-hybridized carbons (Fsp3) is 0.400. The minimum Gasteiger partial charge on any atom is -0.478 e. The normalized spacial score (nSPS) is 16.3. The van der Waals surface area contributed by atoms with E-state index in [9.17, 15) is 9.90 Å². The molecule has 1 aliphatic heterocycles. The maximum atomic E-state index is 11.3. The van der Waals surface area contributed by atoms with Crippen molar-refractivity contribution in [3.8, 4) is 11.3 Å². The van der Waals surface area contributed by atoms with Crippen molar-refractivity contribution in [3.05, 3.63) is 52.7 Å². The van der Waals surface area contributed by atoms with Crippen molar-refractivity contribution in [1.29, 1.82) is 0 Å². The molecule has 2 aromatic rings. The summed E-state index contributed by atoms with van der Waals surface area (Å²) < 4.78 is 0. The van der Waals surface area contributed by atoms with Crippen LogP contribution in [0.15, 0.2) is 30.3 Å². The molecule has 126 valence electrons. The Hall–Kier alpha value is -2.20. The highest BCUT2D eigenvalue weighted by Crippen LogP contribution is 2.27. The zero-order chi connectivity index (χ0) is 17.3. The minimum atomic E-state index is -0.918. The second kappa shape index (κ2) is 6.73. The van der Waals surface area contributed by atoms with Crippen LogP contribution in [0, 0.1) is 13.8 Å². The number of benzene rings is 1. The summed E-state index contributed by atoms with van der Waals surface area (Å²) in [5.74, 6) is -0.918. The molecule has 1 N–H and O–H groups in total. The Bertz CT molecular complexity index is 724. The van der Waals surface area contributed by atoms with Crippen LogP contribution in [-0.4, -0.2) is 34.0 Å². The number of nitrogens with zero attached hydrogens (tertiary/aromatic N) is 2. The molecule has 0 radical (unpaired) electrons. The van der Waals surface area contributed by atoms with Crippen molar-refractivity contribution in [2.45, 2.75) is 39.7 Å². The fourth-order valence-electron chi connectivity index (χ4n) is 3.57. The van der Waals surface area contributed by atoms with Crippen LogP contribution >= 0.6 is 0 Å². The second-order valence-electron chi connectivity index (χ2n) is 6.63. The lowest BCUT2D eigenvalue weighted by Gasteiger charge is -2.24. The molecule has 1 aliphatic rings. The van der Waals surface area contributed by atoms with Crippen molar-refractivity contribution in [2.75, 3.05) is 13.1 Å². The quantitative estimate of drug-likeness (QED) is 0.915. The molecular formula is C20H24N2O2. The lowest BCUT2D eigenvalue weighted by Crippen LogP contribution is -2.23. The molecule has 4 nitrogen and oxygen atoms in total. The Balaban J connectivity index is 1.87. The predicted molar refractivity (Wildman–Crippen MR) is 95.3 cm³/mol. The predicted octanol–water partition coefficient (Wildman–Crippen LogP) is 4.22. The van der Waals surface area contributed by atoms with Gasteiger partial charge in [0.2, 0.25) is 0 Å². The smallest absolute Gasteiger partial charge is 0.337 e. The molecule has 4 heteroatoms. The van der Waals surface area contributed by atoms with Gasteiger partial charge in [-0.3, -0.25) is 9.88 Å². The standard InChI is InChI=1S/C20H24N2O2/c1-13-12-18(21-14(2)19(13)20(23)24)17-8-6-16(7-9-17)15(3)22-10-4-5-11-22/h6-9,12,15H,4-5,10-11H2,1-3H3,(H,23,24). The SMILES string of the molecule is Cc1cc(-c2ccc(C(C)N3CCCC3)cc2)nc(C)c1C(=O)O. The number of aryl methyl sites for hydroxylation is 2. The number of carbonyl (C=O) groups is 1. The number of aromatic carboxylic acids is 1. The molecule has 1 atom stereocenters. The van der Waals surface area contributed by atoms with Gasteiger partial charge < -0.3 is 5.11 Å². The summed E-state index contributed by atoms with van der Waals surface area (Å²) in [7, 11) is 0. The van der Waals surface area contributed by atoms with Crippen LogP contribution in [0.5, 0.6) is 0 Å². The van der Waals surface area contributed by atoms with Gasteiger partial charge in [-0.2, -0.15) is 0 Å². The van der Waals surface area contributed by atoms with E-state index < -0.39 is 5.97 Å². The van der Waals surface area contributed by atoms with E-state index in [0.717, 1.165) is 16.8 Å². The Kier molecular flexibility index (Phi) is 4.67. The first-order valence-corrected chi connectivity index (χ1v) is 8.53. The van der Waals surface area contributed by atoms with E-state index in [1.54, 1.807) is 6.92 Å². The molecule has 1 aromatic carbocycles. The first-order chi connectivity index (χ1) is 11.5. The summed E-state index contributed by atoms with van der Waals surface area (Å²) >= 11 is 0. The van der Waals surface area contributed by atoms with E-state index in [-0.39, 0.29) is 0 Å². The monoisotopic (exact) mass is 324 g/mol. The molecule has 0 saturated carbocycles. The molecule has 24 heavy (non-hydrogen) atoms. The summed E-state index contributed by atoms with van der Waals surface area (Å²) in [5.41, 5.74) is 4.78. The van der Waals surface area contributed by atoms with Crippen LogP contribution in [0.1, 0.15) is 53.0 Å². The van der Waals surface area contributed by atoms with Gasteiger partial charge in [-0.15, -0.1) is 0 Å². The highest BCUT2D eigenvalue weighted by molar-refractivity contribution is 5.91. The molecule has 3 rings (SSSR count). The topological polar surface area (TPSA) is 53.4 Å². The highest BCUT2D eigenvalue weighted by Gasteiger charge is 2.19. The Morgan fingerprint density at radius 2 is 1.79 bits per heavy atom. The fourth-order valence-corrected chi connectivity index (χ4v) is 3.57. The number of hydrogen-bond donors (Lipinski definition) is 1. The van der Waals surface area contributed by atoms with Gasteiger partial charge in [0, 0.05) is 11.6 Å². The number of carboxylic acid groups (broad SMARTS) is 1. The lowest BCUT2D eigenvalue weighted by molar-refractivity contribution is 0.0695. The van der Waals surface area contributed by atoms with Crippen molar-refractivity contribution in [3.63, 3.8) is 0 Å². The summed E-state index contributed by atoms with van der Waals surface area (Å²) in [6.45, 7) is 8.20. The lowest BCUT2D eigenvalue weighted by atomic mass is 10.0. The van der Waals surface area contributed by atoms with Gasteiger partial charge >= 0.3 is 5.97 Å². The second-order valence-corrected chi connectivity index (χ2v) is 6.63. The van der Waals surface area contributed by atoms with Gasteiger partial charge in [0.15, 0.2) is 0 Å². The summed E-state index contributed by atoms with van der Waals surface area (Å²) in [6, 6.07) is 10.8. The van der Waals surface area contributed by atoms with Gasteiger partial charge in [-0.25, -0.2) is 4.79 Å². The van der Waals surface area contributed by atoms with Crippen LogP contribution < -0.4 is 0 Å². The number of likely N-dealkylation sites (tertiary alicyclic amines) is 1. The summed E-state index contributed by atoms with van der Waals surface area (Å²) in [4.78, 5) is 18.3. The molecule has 1 fully saturated rings. The van der Waals surface area contributed by atoms with Crippen LogP contribution in [0.3, 0.4) is 0 Å². The number of pyridine rings is 1. The molecule has 1 unspecified atom stereocenters. The zero-order valence-corrected chi connectivity index (χ0v) is 14.5. The number of carboxylic acids is 1. The molecule has 1 aromatic heterocycles. The molecule has 1 saturated heterocycles. The molecule has 0 bridgehead atoms. The van der Waals surface area contributed by atoms with E-state index in [1.807, 2.05) is 13.0 Å². The zero-order valence-electron chi connectivity index (χ0n) is 14.5. The van der Waals surface area contributed by atoms with Gasteiger partial charge in [0.05, 0.1) is 17.0 Å². The van der Waals surface area contributed by atoms with Gasteiger partial charge in [0.1, 0.15) is 0 Å². The van der Waals surface area contributed by atoms with Crippen molar-refractivity contribution in [2.24, 2.45) is 0 Å². The van der Waals surface area contributed by atoms with E-state index >= 15 is 0 Å². The van der Waals surface area contributed by atoms with Crippen molar-refractivity contribution in [1.82, 2.24) is 9.88 Å². The van der Waals surface area contributed by atoms with Crippen LogP contribution in [0.4, 0.5) is 0 Å². The average molecular weight is 324 g/mol. The molecular weight excluding hydrogens is 300 g/mol. The highest BCUT2D eigenvalue weighted by atomic mass is 16.4. The maximum Gasteiger partial charge on any atom is 0.337 e. The van der Waals surface area contributed by atoms with Crippen molar-refractivity contribution < 1.29 is 9.90 Å². The van der Waals surface area contributed by atoms with Gasteiger partial charge in [-0.1, -0.05) is 24.3 Å². The third kappa shape index (κ3) is 3.20. The Morgan fingerprint density at radius 1 is 1.17 bits per heavy atom. The number of hydrogen-bond acceptors (Lipinski definition) is 3. The van der Waals surface area contributed by atoms with Gasteiger partial charge in [-0.05, 0) is 63.9 Å². The summed E-state index contributed by atoms with van der Waals surface area (Å²) in [5, 5.41) is 9.26. The Morgan fingerprint density at radius 3 is 2.33 bits per heavy atom. The molecule has 0 amide bonds. The van der Waals surface area contributed by atoms with Crippen LogP contribution in [-0.2, 0) is 0 Å². The van der Waals surface area contributed by atoms with E-state index in [0.29, 0.717) is 17.3 Å².